The van der Waals surface area contributed by atoms with Gasteiger partial charge in [-0.3, -0.25) is 0 Å². The molecule has 21 heavy (non-hydrogen) atoms. The number of hydrogen-bond donors (Lipinski definition) is 1. The van der Waals surface area contributed by atoms with Gasteiger partial charge in [-0.25, -0.2) is 0 Å². The van der Waals surface area contributed by atoms with Crippen molar-refractivity contribution in [2.75, 3.05) is 13.2 Å². The van der Waals surface area contributed by atoms with Crippen molar-refractivity contribution in [2.45, 2.75) is 20.0 Å². The van der Waals surface area contributed by atoms with Gasteiger partial charge in [-0.1, -0.05) is 41.9 Å². The van der Waals surface area contributed by atoms with Gasteiger partial charge in [0.05, 0.1) is 11.6 Å². The van der Waals surface area contributed by atoms with Crippen molar-refractivity contribution in [1.29, 1.82) is 0 Å². The van der Waals surface area contributed by atoms with Gasteiger partial charge in [0.1, 0.15) is 6.61 Å². The molecule has 0 aliphatic rings. The Morgan fingerprint density at radius 3 is 2.48 bits per heavy atom. The van der Waals surface area contributed by atoms with E-state index in [2.05, 4.69) is 0 Å². The van der Waals surface area contributed by atoms with E-state index < -0.39 is 0 Å². The summed E-state index contributed by atoms with van der Waals surface area (Å²) in [5.41, 5.74) is 7.73. The Hall–Kier alpha value is -1.71. The van der Waals surface area contributed by atoms with Crippen molar-refractivity contribution >= 4 is 11.6 Å². The van der Waals surface area contributed by atoms with Gasteiger partial charge in [-0.15, -0.1) is 0 Å². The minimum Gasteiger partial charge on any atom is -0.490 e. The SMILES string of the molecule is CCOc1cc(CCN)cc(Cl)c1OCc1ccccc1. The zero-order valence-corrected chi connectivity index (χ0v) is 12.9. The molecule has 0 saturated carbocycles. The second-order valence-electron chi connectivity index (χ2n) is 4.65. The van der Waals surface area contributed by atoms with Crippen LogP contribution in [0.25, 0.3) is 0 Å². The first-order valence-electron chi connectivity index (χ1n) is 7.06. The highest BCUT2D eigenvalue weighted by molar-refractivity contribution is 6.32. The molecule has 0 fully saturated rings. The highest BCUT2D eigenvalue weighted by Gasteiger charge is 2.12. The second-order valence-corrected chi connectivity index (χ2v) is 5.06. The fourth-order valence-electron chi connectivity index (χ4n) is 2.07. The summed E-state index contributed by atoms with van der Waals surface area (Å²) in [4.78, 5) is 0. The Morgan fingerprint density at radius 2 is 1.81 bits per heavy atom. The molecule has 0 atom stereocenters. The number of rotatable bonds is 7. The van der Waals surface area contributed by atoms with Gasteiger partial charge in [-0.05, 0) is 43.1 Å². The summed E-state index contributed by atoms with van der Waals surface area (Å²) < 4.78 is 11.5. The standard InChI is InChI=1S/C17H20ClNO2/c1-2-20-16-11-14(8-9-19)10-15(18)17(16)21-12-13-6-4-3-5-7-13/h3-7,10-11H,2,8-9,12,19H2,1H3. The molecule has 0 aliphatic carbocycles. The molecule has 0 unspecified atom stereocenters. The van der Waals surface area contributed by atoms with Crippen LogP contribution in [0.1, 0.15) is 18.1 Å². The van der Waals surface area contributed by atoms with Crippen LogP contribution in [-0.4, -0.2) is 13.2 Å². The molecule has 0 amide bonds. The predicted molar refractivity (Wildman–Crippen MR) is 86.2 cm³/mol. The molecule has 2 aromatic rings. The number of ether oxygens (including phenoxy) is 2. The summed E-state index contributed by atoms with van der Waals surface area (Å²) in [6.07, 6.45) is 0.763. The lowest BCUT2D eigenvalue weighted by molar-refractivity contribution is 0.269. The quantitative estimate of drug-likeness (QED) is 0.846. The molecule has 2 aromatic carbocycles. The molecule has 0 aromatic heterocycles. The molecular weight excluding hydrogens is 286 g/mol. The van der Waals surface area contributed by atoms with Gasteiger partial charge in [0.15, 0.2) is 11.5 Å². The van der Waals surface area contributed by atoms with E-state index in [1.165, 1.54) is 0 Å². The monoisotopic (exact) mass is 305 g/mol. The third-order valence-electron chi connectivity index (χ3n) is 3.03. The van der Waals surface area contributed by atoms with E-state index in [9.17, 15) is 0 Å². The predicted octanol–water partition coefficient (Wildman–Crippen LogP) is 3.82. The Morgan fingerprint density at radius 1 is 1.05 bits per heavy atom. The molecule has 4 heteroatoms. The first kappa shape index (κ1) is 15.7. The molecule has 0 radical (unpaired) electrons. The molecule has 2 rings (SSSR count). The number of benzene rings is 2. The normalized spacial score (nSPS) is 10.4. The van der Waals surface area contributed by atoms with Crippen molar-refractivity contribution in [3.8, 4) is 11.5 Å². The Bertz CT molecular complexity index is 573. The first-order valence-corrected chi connectivity index (χ1v) is 7.44. The van der Waals surface area contributed by atoms with E-state index >= 15 is 0 Å². The average Bonchev–Trinajstić information content (AvgIpc) is 2.48. The minimum atomic E-state index is 0.455. The molecular formula is C17H20ClNO2. The Kier molecular flexibility index (Phi) is 5.90. The van der Waals surface area contributed by atoms with Crippen LogP contribution >= 0.6 is 11.6 Å². The van der Waals surface area contributed by atoms with Gasteiger partial charge in [0, 0.05) is 0 Å². The van der Waals surface area contributed by atoms with E-state index in [4.69, 9.17) is 26.8 Å². The summed E-state index contributed by atoms with van der Waals surface area (Å²) in [5.74, 6) is 1.26. The third kappa shape index (κ3) is 4.38. The van der Waals surface area contributed by atoms with Crippen molar-refractivity contribution < 1.29 is 9.47 Å². The van der Waals surface area contributed by atoms with Crippen LogP contribution in [-0.2, 0) is 13.0 Å². The molecule has 0 heterocycles. The van der Waals surface area contributed by atoms with Gasteiger partial charge >= 0.3 is 0 Å². The maximum absolute atomic E-state index is 6.33. The van der Waals surface area contributed by atoms with Crippen LogP contribution in [0, 0.1) is 0 Å². The van der Waals surface area contributed by atoms with Gasteiger partial charge in [-0.2, -0.15) is 0 Å². The van der Waals surface area contributed by atoms with Gasteiger partial charge in [0.2, 0.25) is 0 Å². The molecule has 112 valence electrons. The molecule has 0 aliphatic heterocycles. The molecule has 0 bridgehead atoms. The van der Waals surface area contributed by atoms with Crippen LogP contribution in [0.2, 0.25) is 5.02 Å². The lowest BCUT2D eigenvalue weighted by Crippen LogP contribution is -2.05. The summed E-state index contributed by atoms with van der Waals surface area (Å²) in [7, 11) is 0. The van der Waals surface area contributed by atoms with Crippen LogP contribution in [0.15, 0.2) is 42.5 Å². The second kappa shape index (κ2) is 7.91. The maximum atomic E-state index is 6.33. The smallest absolute Gasteiger partial charge is 0.180 e. The molecule has 3 nitrogen and oxygen atoms in total. The molecule has 2 N–H and O–H groups in total. The maximum Gasteiger partial charge on any atom is 0.180 e. The highest BCUT2D eigenvalue weighted by Crippen LogP contribution is 2.37. The largest absolute Gasteiger partial charge is 0.490 e. The molecule has 0 spiro atoms. The summed E-state index contributed by atoms with van der Waals surface area (Å²) in [5, 5.41) is 0.556. The highest BCUT2D eigenvalue weighted by atomic mass is 35.5. The van der Waals surface area contributed by atoms with Gasteiger partial charge in [0.25, 0.3) is 0 Å². The van der Waals surface area contributed by atoms with Crippen molar-refractivity contribution in [3.63, 3.8) is 0 Å². The summed E-state index contributed by atoms with van der Waals surface area (Å²) in [6.45, 7) is 3.53. The van der Waals surface area contributed by atoms with Crippen LogP contribution in [0.3, 0.4) is 0 Å². The fraction of sp³-hybridized carbons (Fsp3) is 0.294. The van der Waals surface area contributed by atoms with E-state index in [0.29, 0.717) is 36.3 Å². The minimum absolute atomic E-state index is 0.455. The van der Waals surface area contributed by atoms with Crippen molar-refractivity contribution in [1.82, 2.24) is 0 Å². The van der Waals surface area contributed by atoms with Crippen LogP contribution in [0.4, 0.5) is 0 Å². The van der Waals surface area contributed by atoms with E-state index in [-0.39, 0.29) is 0 Å². The summed E-state index contributed by atoms with van der Waals surface area (Å²) >= 11 is 6.33. The Labute approximate surface area is 130 Å². The zero-order valence-electron chi connectivity index (χ0n) is 12.1. The van der Waals surface area contributed by atoms with E-state index in [1.807, 2.05) is 49.4 Å². The number of nitrogens with two attached hydrogens (primary N) is 1. The lowest BCUT2D eigenvalue weighted by Gasteiger charge is -2.15. The van der Waals surface area contributed by atoms with Gasteiger partial charge < -0.3 is 15.2 Å². The first-order chi connectivity index (χ1) is 10.2. The van der Waals surface area contributed by atoms with Crippen LogP contribution < -0.4 is 15.2 Å². The summed E-state index contributed by atoms with van der Waals surface area (Å²) in [6, 6.07) is 13.8. The van der Waals surface area contributed by atoms with Crippen LogP contribution in [0.5, 0.6) is 11.5 Å². The fourth-order valence-corrected chi connectivity index (χ4v) is 2.35. The lowest BCUT2D eigenvalue weighted by atomic mass is 10.1. The third-order valence-corrected chi connectivity index (χ3v) is 3.31. The Balaban J connectivity index is 2.20. The van der Waals surface area contributed by atoms with Crippen molar-refractivity contribution in [3.05, 3.63) is 58.6 Å². The van der Waals surface area contributed by atoms with E-state index in [0.717, 1.165) is 17.5 Å². The number of halogens is 1. The zero-order chi connectivity index (χ0) is 15.1. The van der Waals surface area contributed by atoms with Crippen molar-refractivity contribution in [2.24, 2.45) is 5.73 Å². The topological polar surface area (TPSA) is 44.5 Å². The van der Waals surface area contributed by atoms with E-state index in [1.54, 1.807) is 0 Å². The number of hydrogen-bond acceptors (Lipinski definition) is 3. The average molecular weight is 306 g/mol. The molecule has 0 saturated heterocycles.